The van der Waals surface area contributed by atoms with Crippen molar-refractivity contribution in [3.05, 3.63) is 48.2 Å². The number of allylic oxidation sites excluding steroid dienone is 1. The number of methoxy groups -OCH3 is 1. The van der Waals surface area contributed by atoms with Crippen LogP contribution in [0.3, 0.4) is 0 Å². The van der Waals surface area contributed by atoms with E-state index < -0.39 is 0 Å². The Balaban J connectivity index is 1.22. The molecule has 0 bridgehead atoms. The van der Waals surface area contributed by atoms with Crippen LogP contribution in [0, 0.1) is 0 Å². The summed E-state index contributed by atoms with van der Waals surface area (Å²) in [7, 11) is 1.70. The Labute approximate surface area is 200 Å². The molecular formula is C25H33N5O2S. The SMILES string of the molecule is COc1cccc(N2CCN(c3ccnc(SCC(=O)NCCC4=CCCCC4)n3)CC2)c1. The average Bonchev–Trinajstić information content (AvgIpc) is 2.88. The smallest absolute Gasteiger partial charge is 0.230 e. The number of nitrogens with zero attached hydrogens (tertiary/aromatic N) is 4. The van der Waals surface area contributed by atoms with E-state index in [9.17, 15) is 4.79 Å². The number of carbonyl (C=O) groups excluding carboxylic acids is 1. The number of hydrogen-bond donors (Lipinski definition) is 1. The Morgan fingerprint density at radius 2 is 2.00 bits per heavy atom. The van der Waals surface area contributed by atoms with Crippen molar-refractivity contribution < 1.29 is 9.53 Å². The first-order valence-electron chi connectivity index (χ1n) is 11.8. The van der Waals surface area contributed by atoms with Crippen LogP contribution in [0.25, 0.3) is 0 Å². The molecule has 1 N–H and O–H groups in total. The highest BCUT2D eigenvalue weighted by Crippen LogP contribution is 2.24. The molecule has 0 spiro atoms. The van der Waals surface area contributed by atoms with Crippen molar-refractivity contribution in [2.45, 2.75) is 37.3 Å². The summed E-state index contributed by atoms with van der Waals surface area (Å²) < 4.78 is 5.35. The van der Waals surface area contributed by atoms with Gasteiger partial charge in [-0.2, -0.15) is 0 Å². The molecule has 1 aliphatic heterocycles. The highest BCUT2D eigenvalue weighted by atomic mass is 32.2. The minimum atomic E-state index is 0.0392. The van der Waals surface area contributed by atoms with Crippen molar-refractivity contribution in [1.29, 1.82) is 0 Å². The van der Waals surface area contributed by atoms with Crippen molar-refractivity contribution in [2.75, 3.05) is 55.4 Å². The zero-order chi connectivity index (χ0) is 22.9. The second-order valence-electron chi connectivity index (χ2n) is 8.37. The van der Waals surface area contributed by atoms with Gasteiger partial charge in [0.1, 0.15) is 11.6 Å². The van der Waals surface area contributed by atoms with Crippen LogP contribution in [-0.4, -0.2) is 61.5 Å². The van der Waals surface area contributed by atoms with Gasteiger partial charge in [0.25, 0.3) is 0 Å². The van der Waals surface area contributed by atoms with Crippen molar-refractivity contribution in [2.24, 2.45) is 0 Å². The van der Waals surface area contributed by atoms with Crippen LogP contribution in [0.1, 0.15) is 32.1 Å². The van der Waals surface area contributed by atoms with Crippen LogP contribution in [0.5, 0.6) is 5.75 Å². The van der Waals surface area contributed by atoms with E-state index in [4.69, 9.17) is 9.72 Å². The van der Waals surface area contributed by atoms with Crippen molar-refractivity contribution in [1.82, 2.24) is 15.3 Å². The quantitative estimate of drug-likeness (QED) is 0.341. The van der Waals surface area contributed by atoms with Gasteiger partial charge in [0.05, 0.1) is 12.9 Å². The fraction of sp³-hybridized carbons (Fsp3) is 0.480. The summed E-state index contributed by atoms with van der Waals surface area (Å²) in [6.45, 7) is 4.31. The average molecular weight is 468 g/mol. The Kier molecular flexibility index (Phi) is 8.47. The molecule has 0 saturated carbocycles. The fourth-order valence-electron chi connectivity index (χ4n) is 4.25. The van der Waals surface area contributed by atoms with Crippen LogP contribution in [-0.2, 0) is 4.79 Å². The van der Waals surface area contributed by atoms with Gasteiger partial charge in [0, 0.05) is 50.7 Å². The van der Waals surface area contributed by atoms with Crippen LogP contribution in [0.2, 0.25) is 0 Å². The molecule has 1 aliphatic carbocycles. The first kappa shape index (κ1) is 23.4. The minimum absolute atomic E-state index is 0.0392. The molecule has 7 nitrogen and oxygen atoms in total. The molecule has 1 aromatic heterocycles. The lowest BCUT2D eigenvalue weighted by molar-refractivity contribution is -0.118. The van der Waals surface area contributed by atoms with Crippen LogP contribution in [0.15, 0.2) is 53.3 Å². The second-order valence-corrected chi connectivity index (χ2v) is 9.31. The summed E-state index contributed by atoms with van der Waals surface area (Å²) in [6, 6.07) is 10.1. The minimum Gasteiger partial charge on any atom is -0.497 e. The summed E-state index contributed by atoms with van der Waals surface area (Å²) in [4.78, 5) is 25.9. The predicted molar refractivity (Wildman–Crippen MR) is 134 cm³/mol. The molecule has 0 unspecified atom stereocenters. The lowest BCUT2D eigenvalue weighted by Crippen LogP contribution is -2.46. The number of piperazine rings is 1. The van der Waals surface area contributed by atoms with Gasteiger partial charge in [0.2, 0.25) is 5.91 Å². The number of amides is 1. The zero-order valence-electron chi connectivity index (χ0n) is 19.3. The molecule has 1 fully saturated rings. The van der Waals surface area contributed by atoms with E-state index in [1.807, 2.05) is 18.2 Å². The maximum Gasteiger partial charge on any atom is 0.230 e. The van der Waals surface area contributed by atoms with Gasteiger partial charge >= 0.3 is 0 Å². The van der Waals surface area contributed by atoms with E-state index in [1.165, 1.54) is 48.7 Å². The molecule has 33 heavy (non-hydrogen) atoms. The third kappa shape index (κ3) is 6.87. The highest BCUT2D eigenvalue weighted by molar-refractivity contribution is 7.99. The van der Waals surface area contributed by atoms with Gasteiger partial charge in [-0.3, -0.25) is 4.79 Å². The number of ether oxygens (including phenoxy) is 1. The number of nitrogens with one attached hydrogen (secondary N) is 1. The zero-order valence-corrected chi connectivity index (χ0v) is 20.1. The third-order valence-electron chi connectivity index (χ3n) is 6.13. The van der Waals surface area contributed by atoms with E-state index in [0.29, 0.717) is 17.5 Å². The van der Waals surface area contributed by atoms with E-state index in [-0.39, 0.29) is 5.91 Å². The molecule has 4 rings (SSSR count). The molecule has 1 amide bonds. The van der Waals surface area contributed by atoms with E-state index in [1.54, 1.807) is 13.3 Å². The fourth-order valence-corrected chi connectivity index (χ4v) is 4.91. The molecule has 2 aromatic rings. The Morgan fingerprint density at radius 1 is 1.15 bits per heavy atom. The van der Waals surface area contributed by atoms with Crippen LogP contribution in [0.4, 0.5) is 11.5 Å². The van der Waals surface area contributed by atoms with Gasteiger partial charge < -0.3 is 19.9 Å². The lowest BCUT2D eigenvalue weighted by Gasteiger charge is -2.36. The molecule has 2 aliphatic rings. The van der Waals surface area contributed by atoms with E-state index in [0.717, 1.165) is 44.2 Å². The number of thioether (sulfide) groups is 1. The molecule has 2 heterocycles. The molecule has 1 saturated heterocycles. The summed E-state index contributed by atoms with van der Waals surface area (Å²) in [5.74, 6) is 2.17. The first-order chi connectivity index (χ1) is 16.2. The number of anilines is 2. The molecule has 8 heteroatoms. The van der Waals surface area contributed by atoms with Crippen LogP contribution >= 0.6 is 11.8 Å². The van der Waals surface area contributed by atoms with Gasteiger partial charge in [-0.1, -0.05) is 29.5 Å². The van der Waals surface area contributed by atoms with Gasteiger partial charge in [-0.25, -0.2) is 9.97 Å². The first-order valence-corrected chi connectivity index (χ1v) is 12.7. The highest BCUT2D eigenvalue weighted by Gasteiger charge is 2.19. The number of rotatable bonds is 9. The lowest BCUT2D eigenvalue weighted by atomic mass is 9.97. The van der Waals surface area contributed by atoms with Crippen LogP contribution < -0.4 is 19.9 Å². The molecule has 1 aromatic carbocycles. The number of aromatic nitrogens is 2. The normalized spacial score (nSPS) is 16.3. The van der Waals surface area contributed by atoms with Crippen molar-refractivity contribution in [3.8, 4) is 5.75 Å². The largest absolute Gasteiger partial charge is 0.497 e. The van der Waals surface area contributed by atoms with E-state index in [2.05, 4.69) is 38.3 Å². The number of carbonyl (C=O) groups is 1. The van der Waals surface area contributed by atoms with Gasteiger partial charge in [0.15, 0.2) is 5.16 Å². The standard InChI is InChI=1S/C25H33N5O2S/c1-32-22-9-5-8-21(18-22)29-14-16-30(17-15-29)23-11-13-27-25(28-23)33-19-24(31)26-12-10-20-6-3-2-4-7-20/h5-6,8-9,11,13,18H,2-4,7,10,12,14-17,19H2,1H3,(H,26,31). The monoisotopic (exact) mass is 467 g/mol. The molecular weight excluding hydrogens is 434 g/mol. The Morgan fingerprint density at radius 3 is 2.79 bits per heavy atom. The van der Waals surface area contributed by atoms with Crippen molar-refractivity contribution in [3.63, 3.8) is 0 Å². The predicted octanol–water partition coefficient (Wildman–Crippen LogP) is 3.91. The molecule has 176 valence electrons. The van der Waals surface area contributed by atoms with Gasteiger partial charge in [-0.05, 0) is 50.3 Å². The Hall–Kier alpha value is -2.74. The second kappa shape index (κ2) is 11.9. The Bertz CT molecular complexity index is 959. The molecule has 0 radical (unpaired) electrons. The van der Waals surface area contributed by atoms with Crippen molar-refractivity contribution >= 4 is 29.2 Å². The maximum absolute atomic E-state index is 12.2. The summed E-state index contributed by atoms with van der Waals surface area (Å²) in [5.41, 5.74) is 2.66. The third-order valence-corrected chi connectivity index (χ3v) is 6.99. The molecule has 0 atom stereocenters. The summed E-state index contributed by atoms with van der Waals surface area (Å²) >= 11 is 1.39. The maximum atomic E-state index is 12.2. The summed E-state index contributed by atoms with van der Waals surface area (Å²) in [6.07, 6.45) is 10.0. The number of hydrogen-bond acceptors (Lipinski definition) is 7. The summed E-state index contributed by atoms with van der Waals surface area (Å²) in [5, 5.41) is 3.67. The van der Waals surface area contributed by atoms with Gasteiger partial charge in [-0.15, -0.1) is 0 Å². The van der Waals surface area contributed by atoms with E-state index >= 15 is 0 Å². The topological polar surface area (TPSA) is 70.6 Å². The number of benzene rings is 1.